The summed E-state index contributed by atoms with van der Waals surface area (Å²) in [5.74, 6) is 0. The lowest BCUT2D eigenvalue weighted by molar-refractivity contribution is 0.112. The molecular formula is C9H11NO. The fourth-order valence-corrected chi connectivity index (χ4v) is 0.946. The molecule has 1 aromatic carbocycles. The number of aldehydes is 1. The van der Waals surface area contributed by atoms with Crippen molar-refractivity contribution in [1.82, 2.24) is 0 Å². The molecule has 0 aliphatic rings. The van der Waals surface area contributed by atoms with E-state index in [0.29, 0.717) is 11.3 Å². The van der Waals surface area contributed by atoms with Crippen LogP contribution in [0, 0.1) is 0 Å². The van der Waals surface area contributed by atoms with Gasteiger partial charge in [0.2, 0.25) is 0 Å². The Kier molecular flexibility index (Phi) is 2.26. The molecule has 2 N–H and O–H groups in total. The molecule has 1 rings (SSSR count). The van der Waals surface area contributed by atoms with Crippen LogP contribution in [0.4, 0.5) is 5.69 Å². The van der Waals surface area contributed by atoms with Crippen molar-refractivity contribution in [2.24, 2.45) is 0 Å². The second kappa shape index (κ2) is 3.19. The first-order valence-electron chi connectivity index (χ1n) is 3.61. The van der Waals surface area contributed by atoms with Crippen LogP contribution in [-0.4, -0.2) is 6.29 Å². The van der Waals surface area contributed by atoms with Gasteiger partial charge in [0.05, 0.1) is 0 Å². The Hall–Kier alpha value is -1.31. The van der Waals surface area contributed by atoms with Crippen LogP contribution in [0.5, 0.6) is 0 Å². The van der Waals surface area contributed by atoms with Crippen molar-refractivity contribution < 1.29 is 4.79 Å². The van der Waals surface area contributed by atoms with Crippen LogP contribution in [0.2, 0.25) is 0 Å². The summed E-state index contributed by atoms with van der Waals surface area (Å²) in [4.78, 5) is 10.4. The van der Waals surface area contributed by atoms with Gasteiger partial charge in [-0.15, -0.1) is 0 Å². The zero-order chi connectivity index (χ0) is 8.27. The van der Waals surface area contributed by atoms with E-state index >= 15 is 0 Å². The minimum atomic E-state index is 0.553. The average molecular weight is 149 g/mol. The normalized spacial score (nSPS) is 9.55. The van der Waals surface area contributed by atoms with Crippen molar-refractivity contribution in [3.63, 3.8) is 0 Å². The number of aryl methyl sites for hydroxylation is 1. The zero-order valence-electron chi connectivity index (χ0n) is 6.50. The summed E-state index contributed by atoms with van der Waals surface area (Å²) in [5, 5.41) is 0. The van der Waals surface area contributed by atoms with Gasteiger partial charge in [0, 0.05) is 11.3 Å². The molecule has 0 heterocycles. The molecule has 2 heteroatoms. The fourth-order valence-electron chi connectivity index (χ4n) is 0.946. The predicted molar refractivity (Wildman–Crippen MR) is 45.6 cm³/mol. The number of nitrogen functional groups attached to an aromatic ring is 1. The summed E-state index contributed by atoms with van der Waals surface area (Å²) in [6, 6.07) is 5.52. The predicted octanol–water partition coefficient (Wildman–Crippen LogP) is 1.64. The van der Waals surface area contributed by atoms with Crippen molar-refractivity contribution in [1.29, 1.82) is 0 Å². The third kappa shape index (κ3) is 1.58. The number of benzene rings is 1. The van der Waals surface area contributed by atoms with E-state index in [9.17, 15) is 4.79 Å². The van der Waals surface area contributed by atoms with E-state index in [4.69, 9.17) is 5.73 Å². The number of anilines is 1. The first-order valence-corrected chi connectivity index (χ1v) is 3.61. The third-order valence-electron chi connectivity index (χ3n) is 1.69. The molecule has 11 heavy (non-hydrogen) atoms. The monoisotopic (exact) mass is 149 g/mol. The van der Waals surface area contributed by atoms with Gasteiger partial charge in [-0.25, -0.2) is 0 Å². The molecule has 0 aromatic heterocycles. The number of hydrogen-bond donors (Lipinski definition) is 1. The zero-order valence-corrected chi connectivity index (χ0v) is 6.50. The van der Waals surface area contributed by atoms with Crippen LogP contribution in [0.25, 0.3) is 0 Å². The summed E-state index contributed by atoms with van der Waals surface area (Å²) in [7, 11) is 0. The average Bonchev–Trinajstić information content (AvgIpc) is 2.05. The minimum Gasteiger partial charge on any atom is -0.398 e. The molecule has 0 saturated heterocycles. The standard InChI is InChI=1S/C9H11NO/c1-2-7-3-4-9(10)8(5-7)6-11/h3-6H,2,10H2,1H3. The van der Waals surface area contributed by atoms with Gasteiger partial charge in [0.15, 0.2) is 6.29 Å². The maximum Gasteiger partial charge on any atom is 0.152 e. The molecule has 0 amide bonds. The molecular weight excluding hydrogens is 138 g/mol. The van der Waals surface area contributed by atoms with Crippen LogP contribution in [0.3, 0.4) is 0 Å². The Labute approximate surface area is 66.0 Å². The third-order valence-corrected chi connectivity index (χ3v) is 1.69. The Morgan fingerprint density at radius 1 is 1.55 bits per heavy atom. The molecule has 0 bridgehead atoms. The number of rotatable bonds is 2. The Morgan fingerprint density at radius 2 is 2.27 bits per heavy atom. The highest BCUT2D eigenvalue weighted by atomic mass is 16.1. The number of nitrogens with two attached hydrogens (primary N) is 1. The van der Waals surface area contributed by atoms with E-state index in [-0.39, 0.29) is 0 Å². The second-order valence-corrected chi connectivity index (χ2v) is 2.43. The molecule has 0 radical (unpaired) electrons. The van der Waals surface area contributed by atoms with Gasteiger partial charge < -0.3 is 5.73 Å². The largest absolute Gasteiger partial charge is 0.398 e. The fraction of sp³-hybridized carbons (Fsp3) is 0.222. The van der Waals surface area contributed by atoms with Gasteiger partial charge in [-0.2, -0.15) is 0 Å². The van der Waals surface area contributed by atoms with Gasteiger partial charge in [-0.3, -0.25) is 4.79 Å². The molecule has 0 aliphatic heterocycles. The quantitative estimate of drug-likeness (QED) is 0.513. The minimum absolute atomic E-state index is 0.553. The highest BCUT2D eigenvalue weighted by Gasteiger charge is 1.97. The molecule has 1 aromatic rings. The summed E-state index contributed by atoms with van der Waals surface area (Å²) in [5.41, 5.74) is 7.80. The van der Waals surface area contributed by atoms with E-state index in [1.165, 1.54) is 0 Å². The molecule has 2 nitrogen and oxygen atoms in total. The van der Waals surface area contributed by atoms with E-state index in [1.807, 2.05) is 19.1 Å². The van der Waals surface area contributed by atoms with E-state index in [0.717, 1.165) is 18.3 Å². The Balaban J connectivity index is 3.12. The summed E-state index contributed by atoms with van der Waals surface area (Å²) in [6.45, 7) is 2.04. The highest BCUT2D eigenvalue weighted by molar-refractivity contribution is 5.83. The van der Waals surface area contributed by atoms with Crippen LogP contribution in [0.15, 0.2) is 18.2 Å². The number of carbonyl (C=O) groups excluding carboxylic acids is 1. The molecule has 0 saturated carbocycles. The molecule has 0 spiro atoms. The molecule has 0 unspecified atom stereocenters. The SMILES string of the molecule is CCc1ccc(N)c(C=O)c1. The Morgan fingerprint density at radius 3 is 2.82 bits per heavy atom. The van der Waals surface area contributed by atoms with Crippen molar-refractivity contribution in [3.8, 4) is 0 Å². The number of hydrogen-bond acceptors (Lipinski definition) is 2. The lowest BCUT2D eigenvalue weighted by Crippen LogP contribution is -1.93. The van der Waals surface area contributed by atoms with Crippen LogP contribution < -0.4 is 5.73 Å². The van der Waals surface area contributed by atoms with Gasteiger partial charge in [-0.1, -0.05) is 13.0 Å². The first kappa shape index (κ1) is 7.79. The maximum absolute atomic E-state index is 10.4. The summed E-state index contributed by atoms with van der Waals surface area (Å²) < 4.78 is 0. The molecule has 0 atom stereocenters. The van der Waals surface area contributed by atoms with Gasteiger partial charge in [0.25, 0.3) is 0 Å². The maximum atomic E-state index is 10.4. The molecule has 0 fully saturated rings. The van der Waals surface area contributed by atoms with Crippen molar-refractivity contribution in [2.75, 3.05) is 5.73 Å². The molecule has 0 aliphatic carbocycles. The van der Waals surface area contributed by atoms with Crippen molar-refractivity contribution in [2.45, 2.75) is 13.3 Å². The number of carbonyl (C=O) groups is 1. The Bertz CT molecular complexity index is 268. The van der Waals surface area contributed by atoms with Crippen molar-refractivity contribution >= 4 is 12.0 Å². The van der Waals surface area contributed by atoms with E-state index < -0.39 is 0 Å². The second-order valence-electron chi connectivity index (χ2n) is 2.43. The van der Waals surface area contributed by atoms with E-state index in [1.54, 1.807) is 6.07 Å². The first-order chi connectivity index (χ1) is 5.27. The lowest BCUT2D eigenvalue weighted by Gasteiger charge is -2.00. The topological polar surface area (TPSA) is 43.1 Å². The van der Waals surface area contributed by atoms with Crippen LogP contribution in [-0.2, 0) is 6.42 Å². The van der Waals surface area contributed by atoms with Gasteiger partial charge in [0.1, 0.15) is 0 Å². The van der Waals surface area contributed by atoms with Gasteiger partial charge >= 0.3 is 0 Å². The smallest absolute Gasteiger partial charge is 0.152 e. The molecule has 58 valence electrons. The van der Waals surface area contributed by atoms with Crippen molar-refractivity contribution in [3.05, 3.63) is 29.3 Å². The van der Waals surface area contributed by atoms with E-state index in [2.05, 4.69) is 0 Å². The summed E-state index contributed by atoms with van der Waals surface area (Å²) in [6.07, 6.45) is 1.72. The summed E-state index contributed by atoms with van der Waals surface area (Å²) >= 11 is 0. The van der Waals surface area contributed by atoms with Crippen LogP contribution >= 0.6 is 0 Å². The highest BCUT2D eigenvalue weighted by Crippen LogP contribution is 2.11. The van der Waals surface area contributed by atoms with Crippen LogP contribution in [0.1, 0.15) is 22.8 Å². The van der Waals surface area contributed by atoms with Gasteiger partial charge in [-0.05, 0) is 24.1 Å². The lowest BCUT2D eigenvalue weighted by atomic mass is 10.1.